The SMILES string of the molecule is CCSC1=C(c2ccc(OC)c(OC)c2)C(=O)N(c2ccccc2Cl)C1=O. The number of benzene rings is 2. The summed E-state index contributed by atoms with van der Waals surface area (Å²) in [5.74, 6) is 0.911. The van der Waals surface area contributed by atoms with Gasteiger partial charge in [0.1, 0.15) is 0 Å². The maximum atomic E-state index is 13.2. The van der Waals surface area contributed by atoms with Crippen LogP contribution in [-0.4, -0.2) is 31.8 Å². The van der Waals surface area contributed by atoms with E-state index >= 15 is 0 Å². The van der Waals surface area contributed by atoms with E-state index in [0.29, 0.717) is 44.0 Å². The third-order valence-corrected chi connectivity index (χ3v) is 5.37. The Morgan fingerprint density at radius 3 is 2.33 bits per heavy atom. The van der Waals surface area contributed by atoms with Crippen LogP contribution in [0.3, 0.4) is 0 Å². The van der Waals surface area contributed by atoms with Crippen molar-refractivity contribution >= 4 is 46.4 Å². The Labute approximate surface area is 166 Å². The quantitative estimate of drug-likeness (QED) is 0.669. The van der Waals surface area contributed by atoms with Crippen molar-refractivity contribution in [1.29, 1.82) is 0 Å². The van der Waals surface area contributed by atoms with Gasteiger partial charge in [-0.25, -0.2) is 4.90 Å². The Morgan fingerprint density at radius 2 is 1.70 bits per heavy atom. The van der Waals surface area contributed by atoms with E-state index in [2.05, 4.69) is 0 Å². The fourth-order valence-electron chi connectivity index (χ4n) is 2.89. The number of hydrogen-bond acceptors (Lipinski definition) is 5. The van der Waals surface area contributed by atoms with Gasteiger partial charge in [0, 0.05) is 0 Å². The van der Waals surface area contributed by atoms with Crippen LogP contribution in [0.1, 0.15) is 12.5 Å². The van der Waals surface area contributed by atoms with Crippen molar-refractivity contribution in [3.05, 3.63) is 58.0 Å². The first-order chi connectivity index (χ1) is 13.0. The summed E-state index contributed by atoms with van der Waals surface area (Å²) < 4.78 is 10.6. The average molecular weight is 404 g/mol. The van der Waals surface area contributed by atoms with Crippen LogP contribution < -0.4 is 14.4 Å². The highest BCUT2D eigenvalue weighted by atomic mass is 35.5. The predicted molar refractivity (Wildman–Crippen MR) is 109 cm³/mol. The minimum Gasteiger partial charge on any atom is -0.493 e. The molecule has 0 bridgehead atoms. The molecule has 0 saturated carbocycles. The van der Waals surface area contributed by atoms with Crippen molar-refractivity contribution in [2.45, 2.75) is 6.92 Å². The summed E-state index contributed by atoms with van der Waals surface area (Å²) in [7, 11) is 3.06. The van der Waals surface area contributed by atoms with Crippen LogP contribution >= 0.6 is 23.4 Å². The van der Waals surface area contributed by atoms with Crippen LogP contribution in [0.25, 0.3) is 5.57 Å². The van der Waals surface area contributed by atoms with Gasteiger partial charge in [0.15, 0.2) is 11.5 Å². The number of para-hydroxylation sites is 1. The maximum Gasteiger partial charge on any atom is 0.272 e. The highest BCUT2D eigenvalue weighted by Gasteiger charge is 2.40. The summed E-state index contributed by atoms with van der Waals surface area (Å²) in [6.45, 7) is 1.93. The van der Waals surface area contributed by atoms with Crippen LogP contribution in [0.5, 0.6) is 11.5 Å². The molecule has 2 aromatic rings. The third kappa shape index (κ3) is 3.42. The van der Waals surface area contributed by atoms with E-state index < -0.39 is 5.91 Å². The number of methoxy groups -OCH3 is 2. The van der Waals surface area contributed by atoms with Gasteiger partial charge in [-0.3, -0.25) is 9.59 Å². The Balaban J connectivity index is 2.13. The van der Waals surface area contributed by atoms with Crippen molar-refractivity contribution in [1.82, 2.24) is 0 Å². The van der Waals surface area contributed by atoms with Gasteiger partial charge >= 0.3 is 0 Å². The molecule has 0 N–H and O–H groups in total. The van der Waals surface area contributed by atoms with Crippen molar-refractivity contribution in [3.8, 4) is 11.5 Å². The van der Waals surface area contributed by atoms with E-state index in [1.54, 1.807) is 49.6 Å². The zero-order valence-corrected chi connectivity index (χ0v) is 16.7. The molecule has 0 aromatic heterocycles. The first kappa shape index (κ1) is 19.3. The zero-order chi connectivity index (χ0) is 19.6. The van der Waals surface area contributed by atoms with Crippen molar-refractivity contribution in [2.24, 2.45) is 0 Å². The highest BCUT2D eigenvalue weighted by molar-refractivity contribution is 8.04. The lowest BCUT2D eigenvalue weighted by atomic mass is 10.1. The van der Waals surface area contributed by atoms with Crippen LogP contribution in [0.2, 0.25) is 5.02 Å². The van der Waals surface area contributed by atoms with E-state index in [0.717, 1.165) is 4.90 Å². The predicted octanol–water partition coefficient (Wildman–Crippen LogP) is 4.39. The van der Waals surface area contributed by atoms with Crippen LogP contribution in [-0.2, 0) is 9.59 Å². The molecule has 0 aliphatic carbocycles. The first-order valence-electron chi connectivity index (χ1n) is 8.26. The van der Waals surface area contributed by atoms with E-state index in [1.807, 2.05) is 6.92 Å². The normalized spacial score (nSPS) is 14.1. The number of ether oxygens (including phenoxy) is 2. The molecule has 27 heavy (non-hydrogen) atoms. The number of imide groups is 1. The molecule has 7 heteroatoms. The number of thioether (sulfide) groups is 1. The molecule has 1 aliphatic heterocycles. The number of hydrogen-bond donors (Lipinski definition) is 0. The molecule has 1 heterocycles. The Bertz CT molecular complexity index is 941. The standard InChI is InChI=1S/C20H18ClNO4S/c1-4-27-18-17(12-9-10-15(25-2)16(11-12)26-3)19(23)22(20(18)24)14-8-6-5-7-13(14)21/h5-11H,4H2,1-3H3. The van der Waals surface area contributed by atoms with E-state index in [4.69, 9.17) is 21.1 Å². The van der Waals surface area contributed by atoms with Gasteiger partial charge in [0.2, 0.25) is 0 Å². The summed E-state index contributed by atoms with van der Waals surface area (Å²) in [5, 5.41) is 0.341. The van der Waals surface area contributed by atoms with Crippen molar-refractivity contribution < 1.29 is 19.1 Å². The fraction of sp³-hybridized carbons (Fsp3) is 0.200. The van der Waals surface area contributed by atoms with E-state index in [9.17, 15) is 9.59 Å². The molecular formula is C20H18ClNO4S. The molecule has 3 rings (SSSR count). The number of amides is 2. The van der Waals surface area contributed by atoms with Gasteiger partial charge in [0.25, 0.3) is 11.8 Å². The van der Waals surface area contributed by atoms with E-state index in [1.165, 1.54) is 18.9 Å². The molecule has 2 amide bonds. The number of anilines is 1. The van der Waals surface area contributed by atoms with Gasteiger partial charge < -0.3 is 9.47 Å². The molecule has 0 fully saturated rings. The van der Waals surface area contributed by atoms with Crippen molar-refractivity contribution in [3.63, 3.8) is 0 Å². The Morgan fingerprint density at radius 1 is 1.00 bits per heavy atom. The number of carbonyl (C=O) groups is 2. The largest absolute Gasteiger partial charge is 0.493 e. The monoisotopic (exact) mass is 403 g/mol. The van der Waals surface area contributed by atoms with Gasteiger partial charge in [-0.05, 0) is 35.6 Å². The van der Waals surface area contributed by atoms with Crippen molar-refractivity contribution in [2.75, 3.05) is 24.9 Å². The van der Waals surface area contributed by atoms with Gasteiger partial charge in [-0.15, -0.1) is 11.8 Å². The summed E-state index contributed by atoms with van der Waals surface area (Å²) in [6, 6.07) is 12.0. The third-order valence-electron chi connectivity index (χ3n) is 4.10. The van der Waals surface area contributed by atoms with E-state index in [-0.39, 0.29) is 5.91 Å². The zero-order valence-electron chi connectivity index (χ0n) is 15.1. The second-order valence-corrected chi connectivity index (χ2v) is 7.29. The van der Waals surface area contributed by atoms with Gasteiger partial charge in [0.05, 0.1) is 35.4 Å². The number of rotatable bonds is 6. The first-order valence-corrected chi connectivity index (χ1v) is 9.62. The van der Waals surface area contributed by atoms with Crippen LogP contribution in [0.4, 0.5) is 5.69 Å². The molecule has 0 unspecified atom stereocenters. The second-order valence-electron chi connectivity index (χ2n) is 5.60. The lowest BCUT2D eigenvalue weighted by Crippen LogP contribution is -2.31. The summed E-state index contributed by atoms with van der Waals surface area (Å²) in [5.41, 5.74) is 1.31. The molecule has 0 atom stereocenters. The second kappa shape index (κ2) is 8.06. The molecule has 140 valence electrons. The summed E-state index contributed by atoms with van der Waals surface area (Å²) in [6.07, 6.45) is 0. The highest BCUT2D eigenvalue weighted by Crippen LogP contribution is 2.41. The Hall–Kier alpha value is -2.44. The van der Waals surface area contributed by atoms with Crippen LogP contribution in [0.15, 0.2) is 47.4 Å². The number of halogens is 1. The maximum absolute atomic E-state index is 13.2. The average Bonchev–Trinajstić information content (AvgIpc) is 2.92. The fourth-order valence-corrected chi connectivity index (χ4v) is 3.96. The van der Waals surface area contributed by atoms with Crippen LogP contribution in [0, 0.1) is 0 Å². The molecule has 0 radical (unpaired) electrons. The minimum absolute atomic E-state index is 0.340. The van der Waals surface area contributed by atoms with Gasteiger partial charge in [-0.2, -0.15) is 0 Å². The molecule has 2 aromatic carbocycles. The van der Waals surface area contributed by atoms with Gasteiger partial charge in [-0.1, -0.05) is 36.7 Å². The summed E-state index contributed by atoms with van der Waals surface area (Å²) >= 11 is 7.57. The minimum atomic E-state index is -0.406. The lowest BCUT2D eigenvalue weighted by Gasteiger charge is -2.16. The molecule has 5 nitrogen and oxygen atoms in total. The number of nitrogens with zero attached hydrogens (tertiary/aromatic N) is 1. The smallest absolute Gasteiger partial charge is 0.272 e. The number of carbonyl (C=O) groups excluding carboxylic acids is 2. The molecule has 0 saturated heterocycles. The molecular weight excluding hydrogens is 386 g/mol. The molecule has 1 aliphatic rings. The lowest BCUT2D eigenvalue weighted by molar-refractivity contribution is -0.119. The molecule has 0 spiro atoms. The Kier molecular flexibility index (Phi) is 5.77. The topological polar surface area (TPSA) is 55.8 Å². The summed E-state index contributed by atoms with van der Waals surface area (Å²) in [4.78, 5) is 27.8.